The number of thioether (sulfide) groups is 1. The van der Waals surface area contributed by atoms with Gasteiger partial charge in [0, 0.05) is 11.2 Å². The highest BCUT2D eigenvalue weighted by molar-refractivity contribution is 8.14. The van der Waals surface area contributed by atoms with Crippen LogP contribution in [0.15, 0.2) is 59.6 Å². The highest BCUT2D eigenvalue weighted by Crippen LogP contribution is 2.48. The molecule has 1 aliphatic heterocycles. The normalized spacial score (nSPS) is 23.0. The fraction of sp³-hybridized carbons (Fsp3) is 0.350. The molecular formula is C20H22N2S. The predicted molar refractivity (Wildman–Crippen MR) is 99.9 cm³/mol. The first kappa shape index (κ1) is 14.8. The van der Waals surface area contributed by atoms with Crippen molar-refractivity contribution < 1.29 is 0 Å². The SMILES string of the molecule is NC1=NC(C2(c3cccc(-c4ccccc4)c3)CCCC2)CS1. The van der Waals surface area contributed by atoms with Crippen LogP contribution in [0.4, 0.5) is 0 Å². The summed E-state index contributed by atoms with van der Waals surface area (Å²) in [5, 5.41) is 0.764. The van der Waals surface area contributed by atoms with Crippen molar-refractivity contribution in [1.29, 1.82) is 0 Å². The van der Waals surface area contributed by atoms with Crippen LogP contribution in [0.5, 0.6) is 0 Å². The average Bonchev–Trinajstić information content (AvgIpc) is 3.26. The molecule has 0 saturated heterocycles. The molecule has 2 aromatic carbocycles. The van der Waals surface area contributed by atoms with E-state index in [0.717, 1.165) is 10.9 Å². The maximum atomic E-state index is 5.96. The summed E-state index contributed by atoms with van der Waals surface area (Å²) in [5.41, 5.74) is 10.2. The smallest absolute Gasteiger partial charge is 0.154 e. The van der Waals surface area contributed by atoms with Gasteiger partial charge in [0.25, 0.3) is 0 Å². The summed E-state index contributed by atoms with van der Waals surface area (Å²) < 4.78 is 0. The molecule has 0 aromatic heterocycles. The van der Waals surface area contributed by atoms with E-state index in [-0.39, 0.29) is 5.41 Å². The second kappa shape index (κ2) is 6.04. The fourth-order valence-corrected chi connectivity index (χ4v) is 5.06. The molecule has 118 valence electrons. The Labute approximate surface area is 142 Å². The van der Waals surface area contributed by atoms with Crippen LogP contribution in [-0.4, -0.2) is 17.0 Å². The first-order chi connectivity index (χ1) is 11.3. The molecule has 2 nitrogen and oxygen atoms in total. The molecule has 0 amide bonds. The van der Waals surface area contributed by atoms with E-state index in [2.05, 4.69) is 54.6 Å². The lowest BCUT2D eigenvalue weighted by Gasteiger charge is -2.34. The standard InChI is InChI=1S/C20H22N2S/c21-19-22-18(14-23-19)20(11-4-5-12-20)17-10-6-9-16(13-17)15-7-2-1-3-8-15/h1-3,6-10,13,18H,4-5,11-12,14H2,(H2,21,22). The Hall–Kier alpha value is -1.74. The Balaban J connectivity index is 1.76. The average molecular weight is 322 g/mol. The number of benzene rings is 2. The van der Waals surface area contributed by atoms with E-state index in [1.165, 1.54) is 42.4 Å². The van der Waals surface area contributed by atoms with E-state index in [9.17, 15) is 0 Å². The molecule has 1 atom stereocenters. The Kier molecular flexibility index (Phi) is 3.90. The van der Waals surface area contributed by atoms with Crippen LogP contribution in [0, 0.1) is 0 Å². The Morgan fingerprint density at radius 2 is 1.70 bits per heavy atom. The number of rotatable bonds is 3. The van der Waals surface area contributed by atoms with Gasteiger partial charge in [-0.1, -0.05) is 79.2 Å². The van der Waals surface area contributed by atoms with Crippen molar-refractivity contribution in [2.45, 2.75) is 37.1 Å². The Morgan fingerprint density at radius 1 is 0.957 bits per heavy atom. The largest absolute Gasteiger partial charge is 0.379 e. The third kappa shape index (κ3) is 2.67. The van der Waals surface area contributed by atoms with Gasteiger partial charge in [0.05, 0.1) is 6.04 Å². The minimum atomic E-state index is 0.179. The molecule has 23 heavy (non-hydrogen) atoms. The molecule has 1 fully saturated rings. The quantitative estimate of drug-likeness (QED) is 0.897. The van der Waals surface area contributed by atoms with Crippen LogP contribution in [0.25, 0.3) is 11.1 Å². The van der Waals surface area contributed by atoms with Crippen LogP contribution in [0.3, 0.4) is 0 Å². The van der Waals surface area contributed by atoms with Crippen LogP contribution in [0.2, 0.25) is 0 Å². The zero-order valence-electron chi connectivity index (χ0n) is 13.2. The van der Waals surface area contributed by atoms with Crippen molar-refractivity contribution in [1.82, 2.24) is 0 Å². The number of amidine groups is 1. The summed E-state index contributed by atoms with van der Waals surface area (Å²) in [7, 11) is 0. The lowest BCUT2D eigenvalue weighted by molar-refractivity contribution is 0.377. The van der Waals surface area contributed by atoms with Gasteiger partial charge in [-0.15, -0.1) is 0 Å². The first-order valence-electron chi connectivity index (χ1n) is 8.40. The summed E-state index contributed by atoms with van der Waals surface area (Å²) in [6, 6.07) is 20.1. The van der Waals surface area contributed by atoms with Gasteiger partial charge in [-0.05, 0) is 29.5 Å². The zero-order valence-corrected chi connectivity index (χ0v) is 14.1. The third-order valence-corrected chi connectivity index (χ3v) is 6.23. The van der Waals surface area contributed by atoms with Crippen molar-refractivity contribution in [3.05, 3.63) is 60.2 Å². The number of nitrogens with two attached hydrogens (primary N) is 1. The third-order valence-electron chi connectivity index (χ3n) is 5.35. The van der Waals surface area contributed by atoms with Crippen LogP contribution >= 0.6 is 11.8 Å². The molecule has 1 aliphatic carbocycles. The van der Waals surface area contributed by atoms with Gasteiger partial charge < -0.3 is 5.73 Å². The van der Waals surface area contributed by atoms with E-state index in [4.69, 9.17) is 10.7 Å². The van der Waals surface area contributed by atoms with Crippen molar-refractivity contribution in [3.8, 4) is 11.1 Å². The highest BCUT2D eigenvalue weighted by Gasteiger charge is 2.44. The van der Waals surface area contributed by atoms with Crippen molar-refractivity contribution >= 4 is 16.9 Å². The van der Waals surface area contributed by atoms with Crippen LogP contribution < -0.4 is 5.73 Å². The molecule has 1 heterocycles. The first-order valence-corrected chi connectivity index (χ1v) is 9.38. The monoisotopic (exact) mass is 322 g/mol. The molecule has 0 radical (unpaired) electrons. The minimum absolute atomic E-state index is 0.179. The van der Waals surface area contributed by atoms with E-state index in [1.807, 2.05) is 0 Å². The maximum absolute atomic E-state index is 5.96. The topological polar surface area (TPSA) is 38.4 Å². The highest BCUT2D eigenvalue weighted by atomic mass is 32.2. The lowest BCUT2D eigenvalue weighted by Crippen LogP contribution is -2.36. The van der Waals surface area contributed by atoms with E-state index < -0.39 is 0 Å². The number of hydrogen-bond acceptors (Lipinski definition) is 3. The summed E-state index contributed by atoms with van der Waals surface area (Å²) in [6.07, 6.45) is 5.05. The number of hydrogen-bond donors (Lipinski definition) is 1. The molecule has 1 saturated carbocycles. The van der Waals surface area contributed by atoms with Crippen molar-refractivity contribution in [2.24, 2.45) is 10.7 Å². The predicted octanol–water partition coefficient (Wildman–Crippen LogP) is 4.60. The van der Waals surface area contributed by atoms with Gasteiger partial charge in [-0.3, -0.25) is 4.99 Å². The van der Waals surface area contributed by atoms with Gasteiger partial charge >= 0.3 is 0 Å². The minimum Gasteiger partial charge on any atom is -0.379 e. The van der Waals surface area contributed by atoms with Gasteiger partial charge in [0.1, 0.15) is 0 Å². The molecule has 2 aliphatic rings. The molecule has 3 heteroatoms. The van der Waals surface area contributed by atoms with Crippen LogP contribution in [-0.2, 0) is 5.41 Å². The summed E-state index contributed by atoms with van der Waals surface area (Å²) in [4.78, 5) is 4.78. The molecular weight excluding hydrogens is 300 g/mol. The van der Waals surface area contributed by atoms with Gasteiger partial charge in [-0.25, -0.2) is 0 Å². The molecule has 4 rings (SSSR count). The Bertz CT molecular complexity index is 717. The summed E-state index contributed by atoms with van der Waals surface area (Å²) in [5.74, 6) is 1.03. The molecule has 2 N–H and O–H groups in total. The fourth-order valence-electron chi connectivity index (χ4n) is 4.13. The summed E-state index contributed by atoms with van der Waals surface area (Å²) in [6.45, 7) is 0. The second-order valence-corrected chi connectivity index (χ2v) is 7.64. The van der Waals surface area contributed by atoms with Gasteiger partial charge in [0.15, 0.2) is 5.17 Å². The number of nitrogens with zero attached hydrogens (tertiary/aromatic N) is 1. The second-order valence-electron chi connectivity index (χ2n) is 6.60. The Morgan fingerprint density at radius 3 is 2.39 bits per heavy atom. The lowest BCUT2D eigenvalue weighted by atomic mass is 9.73. The molecule has 0 spiro atoms. The molecule has 2 aromatic rings. The van der Waals surface area contributed by atoms with Crippen LogP contribution in [0.1, 0.15) is 31.2 Å². The van der Waals surface area contributed by atoms with E-state index in [1.54, 1.807) is 11.8 Å². The van der Waals surface area contributed by atoms with Gasteiger partial charge in [-0.2, -0.15) is 0 Å². The number of aliphatic imine (C=N–C) groups is 1. The van der Waals surface area contributed by atoms with Crippen molar-refractivity contribution in [2.75, 3.05) is 5.75 Å². The van der Waals surface area contributed by atoms with Gasteiger partial charge in [0.2, 0.25) is 0 Å². The zero-order chi connectivity index (χ0) is 15.7. The van der Waals surface area contributed by atoms with Crippen molar-refractivity contribution in [3.63, 3.8) is 0 Å². The molecule has 1 unspecified atom stereocenters. The molecule has 0 bridgehead atoms. The van der Waals surface area contributed by atoms with E-state index >= 15 is 0 Å². The van der Waals surface area contributed by atoms with E-state index in [0.29, 0.717) is 6.04 Å². The maximum Gasteiger partial charge on any atom is 0.154 e. The summed E-state index contributed by atoms with van der Waals surface area (Å²) >= 11 is 1.71.